The number of anilines is 1. The van der Waals surface area contributed by atoms with Crippen LogP contribution in [0, 0.1) is 11.3 Å². The number of nitriles is 1. The molecule has 0 radical (unpaired) electrons. The second kappa shape index (κ2) is 9.14. The number of rotatable bonds is 7. The molecule has 0 saturated heterocycles. The van der Waals surface area contributed by atoms with Gasteiger partial charge in [-0.2, -0.15) is 9.98 Å². The maximum Gasteiger partial charge on any atom is 0.321 e. The number of nitrogens with one attached hydrogen (secondary N) is 2. The minimum absolute atomic E-state index is 0.102. The van der Waals surface area contributed by atoms with E-state index in [0.29, 0.717) is 16.3 Å². The number of carbonyl (C=O) groups excluding carboxylic acids is 2. The number of amides is 1. The van der Waals surface area contributed by atoms with Crippen LogP contribution in [0.3, 0.4) is 0 Å². The van der Waals surface area contributed by atoms with Gasteiger partial charge in [0.25, 0.3) is 5.91 Å². The molecule has 0 aliphatic heterocycles. The molecule has 0 saturated carbocycles. The maximum absolute atomic E-state index is 12.1. The Labute approximate surface area is 160 Å². The predicted molar refractivity (Wildman–Crippen MR) is 97.4 cm³/mol. The summed E-state index contributed by atoms with van der Waals surface area (Å²) in [5.41, 5.74) is 0.780. The molecule has 0 spiro atoms. The zero-order valence-corrected chi connectivity index (χ0v) is 15.4. The molecule has 0 aromatic heterocycles. The summed E-state index contributed by atoms with van der Waals surface area (Å²) in [6, 6.07) is 13.4. The largest absolute Gasteiger partial charge is 0.455 e. The number of benzene rings is 2. The van der Waals surface area contributed by atoms with Crippen LogP contribution in [0.25, 0.3) is 0 Å². The molecule has 2 rings (SSSR count). The van der Waals surface area contributed by atoms with Crippen molar-refractivity contribution in [3.8, 4) is 6.07 Å². The molecule has 0 bridgehead atoms. The van der Waals surface area contributed by atoms with Crippen molar-refractivity contribution in [2.45, 2.75) is 4.90 Å². The van der Waals surface area contributed by atoms with Crippen LogP contribution >= 0.6 is 11.6 Å². The quantitative estimate of drug-likeness (QED) is 0.672. The summed E-state index contributed by atoms with van der Waals surface area (Å²) in [6.45, 7) is -1.21. The van der Waals surface area contributed by atoms with Crippen molar-refractivity contribution in [3.63, 3.8) is 0 Å². The number of ether oxygens (including phenoxy) is 1. The third-order valence-electron chi connectivity index (χ3n) is 3.19. The van der Waals surface area contributed by atoms with Crippen molar-refractivity contribution < 1.29 is 22.7 Å². The molecule has 0 atom stereocenters. The molecule has 0 aliphatic carbocycles. The Morgan fingerprint density at radius 3 is 2.30 bits per heavy atom. The summed E-state index contributed by atoms with van der Waals surface area (Å²) < 4.78 is 30.9. The van der Waals surface area contributed by atoms with Crippen molar-refractivity contribution in [3.05, 3.63) is 59.1 Å². The number of sulfonamides is 1. The van der Waals surface area contributed by atoms with E-state index in [2.05, 4.69) is 10.0 Å². The van der Waals surface area contributed by atoms with Gasteiger partial charge in [-0.05, 0) is 48.5 Å². The zero-order valence-electron chi connectivity index (χ0n) is 13.8. The minimum Gasteiger partial charge on any atom is -0.455 e. The molecule has 140 valence electrons. The maximum atomic E-state index is 12.1. The van der Waals surface area contributed by atoms with Gasteiger partial charge in [0.2, 0.25) is 10.0 Å². The average Bonchev–Trinajstić information content (AvgIpc) is 2.66. The van der Waals surface area contributed by atoms with Crippen LogP contribution in [0.15, 0.2) is 53.4 Å². The van der Waals surface area contributed by atoms with E-state index in [-0.39, 0.29) is 4.90 Å². The first-order chi connectivity index (χ1) is 12.8. The lowest BCUT2D eigenvalue weighted by atomic mass is 10.2. The summed E-state index contributed by atoms with van der Waals surface area (Å²) in [6.07, 6.45) is 0. The van der Waals surface area contributed by atoms with Gasteiger partial charge in [0, 0.05) is 10.7 Å². The molecule has 2 aromatic carbocycles. The van der Waals surface area contributed by atoms with Gasteiger partial charge in [-0.25, -0.2) is 8.42 Å². The highest BCUT2D eigenvalue weighted by Gasteiger charge is 2.16. The van der Waals surface area contributed by atoms with Crippen molar-refractivity contribution in [1.82, 2.24) is 4.72 Å². The SMILES string of the molecule is N#Cc1ccc(S(=O)(=O)NCC(=O)OCC(=O)Nc2ccc(Cl)cc2)cc1. The van der Waals surface area contributed by atoms with Crippen molar-refractivity contribution >= 4 is 39.2 Å². The van der Waals surface area contributed by atoms with E-state index in [1.54, 1.807) is 24.3 Å². The first kappa shape index (κ1) is 20.4. The monoisotopic (exact) mass is 407 g/mol. The lowest BCUT2D eigenvalue weighted by Crippen LogP contribution is -2.32. The van der Waals surface area contributed by atoms with E-state index < -0.39 is 35.1 Å². The summed E-state index contributed by atoms with van der Waals surface area (Å²) >= 11 is 5.73. The van der Waals surface area contributed by atoms with Gasteiger partial charge >= 0.3 is 5.97 Å². The molecular formula is C17H14ClN3O5S. The molecule has 0 heterocycles. The van der Waals surface area contributed by atoms with E-state index in [4.69, 9.17) is 21.6 Å². The third kappa shape index (κ3) is 6.38. The lowest BCUT2D eigenvalue weighted by Gasteiger charge is -2.08. The van der Waals surface area contributed by atoms with Crippen LogP contribution in [0.1, 0.15) is 5.56 Å². The van der Waals surface area contributed by atoms with E-state index in [9.17, 15) is 18.0 Å². The van der Waals surface area contributed by atoms with Gasteiger partial charge in [0.05, 0.1) is 16.5 Å². The minimum atomic E-state index is -3.94. The number of esters is 1. The Hall–Kier alpha value is -2.93. The number of carbonyl (C=O) groups is 2. The van der Waals surface area contributed by atoms with Gasteiger partial charge < -0.3 is 10.1 Å². The van der Waals surface area contributed by atoms with Crippen LogP contribution in [0.4, 0.5) is 5.69 Å². The van der Waals surface area contributed by atoms with E-state index in [0.717, 1.165) is 0 Å². The predicted octanol–water partition coefficient (Wildman–Crippen LogP) is 1.67. The van der Waals surface area contributed by atoms with Gasteiger partial charge in [0.1, 0.15) is 6.54 Å². The van der Waals surface area contributed by atoms with Crippen molar-refractivity contribution in [2.24, 2.45) is 0 Å². The van der Waals surface area contributed by atoms with Crippen molar-refractivity contribution in [2.75, 3.05) is 18.5 Å². The van der Waals surface area contributed by atoms with Gasteiger partial charge in [0.15, 0.2) is 6.61 Å². The molecule has 0 aliphatic rings. The van der Waals surface area contributed by atoms with Gasteiger partial charge in [-0.1, -0.05) is 11.6 Å². The van der Waals surface area contributed by atoms with Crippen LogP contribution in [-0.4, -0.2) is 33.4 Å². The Morgan fingerprint density at radius 2 is 1.70 bits per heavy atom. The molecule has 10 heteroatoms. The summed E-state index contributed by atoms with van der Waals surface area (Å²) in [5.74, 6) is -1.50. The van der Waals surface area contributed by atoms with Crippen molar-refractivity contribution in [1.29, 1.82) is 5.26 Å². The fourth-order valence-electron chi connectivity index (χ4n) is 1.87. The molecule has 0 unspecified atom stereocenters. The van der Waals surface area contributed by atoms with Crippen LogP contribution < -0.4 is 10.0 Å². The fourth-order valence-corrected chi connectivity index (χ4v) is 2.97. The Bertz CT molecular complexity index is 967. The molecule has 27 heavy (non-hydrogen) atoms. The lowest BCUT2D eigenvalue weighted by molar-refractivity contribution is -0.146. The molecular weight excluding hydrogens is 394 g/mol. The van der Waals surface area contributed by atoms with Crippen LogP contribution in [-0.2, 0) is 24.3 Å². The first-order valence-corrected chi connectivity index (χ1v) is 9.37. The topological polar surface area (TPSA) is 125 Å². The normalized spacial score (nSPS) is 10.7. The van der Waals surface area contributed by atoms with Crippen LogP contribution in [0.5, 0.6) is 0 Å². The van der Waals surface area contributed by atoms with Gasteiger partial charge in [-0.15, -0.1) is 0 Å². The van der Waals surface area contributed by atoms with Gasteiger partial charge in [-0.3, -0.25) is 9.59 Å². The molecule has 2 aromatic rings. The number of halogens is 1. The number of nitrogens with zero attached hydrogens (tertiary/aromatic N) is 1. The van der Waals surface area contributed by atoms with Crippen LogP contribution in [0.2, 0.25) is 5.02 Å². The Balaban J connectivity index is 1.80. The van der Waals surface area contributed by atoms with E-state index in [1.807, 2.05) is 6.07 Å². The molecule has 0 fully saturated rings. The highest BCUT2D eigenvalue weighted by atomic mass is 35.5. The number of hydrogen-bond acceptors (Lipinski definition) is 6. The third-order valence-corrected chi connectivity index (χ3v) is 4.86. The molecule has 1 amide bonds. The highest BCUT2D eigenvalue weighted by molar-refractivity contribution is 7.89. The van der Waals surface area contributed by atoms with E-state index in [1.165, 1.54) is 24.3 Å². The van der Waals surface area contributed by atoms with E-state index >= 15 is 0 Å². The fraction of sp³-hybridized carbons (Fsp3) is 0.118. The zero-order chi connectivity index (χ0) is 19.9. The summed E-state index contributed by atoms with van der Waals surface area (Å²) in [4.78, 5) is 23.2. The standard InChI is InChI=1S/C17H14ClN3O5S/c18-13-3-5-14(6-4-13)21-16(22)11-26-17(23)10-20-27(24,25)15-7-1-12(9-19)2-8-15/h1-8,20H,10-11H2,(H,21,22). The highest BCUT2D eigenvalue weighted by Crippen LogP contribution is 2.13. The first-order valence-electron chi connectivity index (χ1n) is 7.51. The second-order valence-electron chi connectivity index (χ2n) is 5.18. The number of hydrogen-bond donors (Lipinski definition) is 2. The molecule has 2 N–H and O–H groups in total. The Morgan fingerprint density at radius 1 is 1.07 bits per heavy atom. The second-order valence-corrected chi connectivity index (χ2v) is 7.38. The Kier molecular flexibility index (Phi) is 6.90. The summed E-state index contributed by atoms with van der Waals surface area (Å²) in [7, 11) is -3.94. The molecule has 8 nitrogen and oxygen atoms in total. The smallest absolute Gasteiger partial charge is 0.321 e. The summed E-state index contributed by atoms with van der Waals surface area (Å²) in [5, 5.41) is 11.7. The average molecular weight is 408 g/mol.